The summed E-state index contributed by atoms with van der Waals surface area (Å²) in [6.45, 7) is 6.03. The van der Waals surface area contributed by atoms with Crippen molar-refractivity contribution >= 4 is 35.7 Å². The highest BCUT2D eigenvalue weighted by Gasteiger charge is 2.20. The van der Waals surface area contributed by atoms with E-state index >= 15 is 0 Å². The lowest BCUT2D eigenvalue weighted by atomic mass is 9.87. The van der Waals surface area contributed by atoms with E-state index in [0.717, 1.165) is 10.0 Å². The van der Waals surface area contributed by atoms with E-state index in [9.17, 15) is 8.42 Å². The first-order chi connectivity index (χ1) is 6.62. The third-order valence-electron chi connectivity index (χ3n) is 2.03. The maximum absolute atomic E-state index is 11.2. The van der Waals surface area contributed by atoms with Crippen LogP contribution in [0.2, 0.25) is 0 Å². The molecular formula is C10H12BrClO2S. The molecule has 0 saturated carbocycles. The molecule has 0 atom stereocenters. The fraction of sp³-hybridized carbons (Fsp3) is 0.400. The summed E-state index contributed by atoms with van der Waals surface area (Å²) in [6, 6.07) is 4.80. The van der Waals surface area contributed by atoms with Crippen LogP contribution < -0.4 is 0 Å². The number of halogens is 2. The average Bonchev–Trinajstić information content (AvgIpc) is 2.00. The summed E-state index contributed by atoms with van der Waals surface area (Å²) in [6.07, 6.45) is 0. The largest absolute Gasteiger partial charge is 0.261 e. The second-order valence-corrected chi connectivity index (χ2v) is 7.75. The Labute approximate surface area is 103 Å². The van der Waals surface area contributed by atoms with Gasteiger partial charge in [0.05, 0.1) is 4.90 Å². The maximum atomic E-state index is 11.2. The zero-order valence-corrected chi connectivity index (χ0v) is 11.9. The lowest BCUT2D eigenvalue weighted by Crippen LogP contribution is -2.12. The molecule has 0 radical (unpaired) electrons. The normalized spacial score (nSPS) is 12.9. The Bertz CT molecular complexity index is 475. The standard InChI is InChI=1S/C10H12BrClO2S/c1-10(2,3)8-6-7(15(12,13)14)4-5-9(8)11/h4-6H,1-3H3. The molecule has 0 aliphatic carbocycles. The molecule has 1 rings (SSSR count). The van der Waals surface area contributed by atoms with Crippen molar-refractivity contribution < 1.29 is 8.42 Å². The second kappa shape index (κ2) is 4.07. The zero-order chi connectivity index (χ0) is 11.9. The molecule has 1 aromatic rings. The smallest absolute Gasteiger partial charge is 0.207 e. The van der Waals surface area contributed by atoms with Gasteiger partial charge in [0, 0.05) is 15.2 Å². The van der Waals surface area contributed by atoms with Gasteiger partial charge in [0.1, 0.15) is 0 Å². The van der Waals surface area contributed by atoms with Gasteiger partial charge in [-0.25, -0.2) is 8.42 Å². The summed E-state index contributed by atoms with van der Waals surface area (Å²) in [7, 11) is 1.64. The van der Waals surface area contributed by atoms with Crippen molar-refractivity contribution in [1.29, 1.82) is 0 Å². The van der Waals surface area contributed by atoms with E-state index in [-0.39, 0.29) is 10.3 Å². The van der Waals surface area contributed by atoms with Crippen molar-refractivity contribution in [1.82, 2.24) is 0 Å². The summed E-state index contributed by atoms with van der Waals surface area (Å²) < 4.78 is 23.2. The molecule has 1 aromatic carbocycles. The van der Waals surface area contributed by atoms with Gasteiger partial charge >= 0.3 is 0 Å². The lowest BCUT2D eigenvalue weighted by Gasteiger charge is -2.21. The molecular weight excluding hydrogens is 300 g/mol. The Morgan fingerprint density at radius 3 is 2.20 bits per heavy atom. The summed E-state index contributed by atoms with van der Waals surface area (Å²) in [5.74, 6) is 0. The highest BCUT2D eigenvalue weighted by Crippen LogP contribution is 2.32. The van der Waals surface area contributed by atoms with Crippen molar-refractivity contribution in [2.75, 3.05) is 0 Å². The molecule has 15 heavy (non-hydrogen) atoms. The van der Waals surface area contributed by atoms with E-state index in [4.69, 9.17) is 10.7 Å². The topological polar surface area (TPSA) is 34.1 Å². The SMILES string of the molecule is CC(C)(C)c1cc(S(=O)(=O)Cl)ccc1Br. The van der Waals surface area contributed by atoms with Crippen LogP contribution in [0.3, 0.4) is 0 Å². The molecule has 0 fully saturated rings. The first-order valence-electron chi connectivity index (χ1n) is 4.37. The predicted octanol–water partition coefficient (Wildman–Crippen LogP) is 3.67. The monoisotopic (exact) mass is 310 g/mol. The van der Waals surface area contributed by atoms with Crippen LogP contribution in [0.4, 0.5) is 0 Å². The number of hydrogen-bond acceptors (Lipinski definition) is 2. The second-order valence-electron chi connectivity index (χ2n) is 4.33. The van der Waals surface area contributed by atoms with Gasteiger partial charge in [-0.3, -0.25) is 0 Å². The van der Waals surface area contributed by atoms with Crippen LogP contribution in [0.5, 0.6) is 0 Å². The van der Waals surface area contributed by atoms with Gasteiger partial charge in [-0.15, -0.1) is 0 Å². The van der Waals surface area contributed by atoms with Gasteiger partial charge in [-0.2, -0.15) is 0 Å². The quantitative estimate of drug-likeness (QED) is 0.742. The van der Waals surface area contributed by atoms with Gasteiger partial charge in [0.2, 0.25) is 0 Å². The van der Waals surface area contributed by atoms with Crippen LogP contribution in [0.25, 0.3) is 0 Å². The van der Waals surface area contributed by atoms with Crippen molar-refractivity contribution in [3.05, 3.63) is 28.2 Å². The van der Waals surface area contributed by atoms with Crippen molar-refractivity contribution in [3.63, 3.8) is 0 Å². The Balaban J connectivity index is 3.43. The molecule has 0 bridgehead atoms. The molecule has 0 amide bonds. The summed E-state index contributed by atoms with van der Waals surface area (Å²) in [4.78, 5) is 0.136. The first kappa shape index (κ1) is 13.0. The number of benzene rings is 1. The molecule has 0 aromatic heterocycles. The van der Waals surface area contributed by atoms with Crippen LogP contribution in [-0.4, -0.2) is 8.42 Å². The molecule has 0 saturated heterocycles. The fourth-order valence-corrected chi connectivity index (χ4v) is 2.85. The Morgan fingerprint density at radius 1 is 1.27 bits per heavy atom. The van der Waals surface area contributed by atoms with Crippen LogP contribution in [0.1, 0.15) is 26.3 Å². The molecule has 84 valence electrons. The maximum Gasteiger partial charge on any atom is 0.261 e. The van der Waals surface area contributed by atoms with Crippen molar-refractivity contribution in [2.24, 2.45) is 0 Å². The zero-order valence-electron chi connectivity index (χ0n) is 8.71. The molecule has 0 unspecified atom stereocenters. The number of hydrogen-bond donors (Lipinski definition) is 0. The fourth-order valence-electron chi connectivity index (χ4n) is 1.23. The minimum Gasteiger partial charge on any atom is -0.207 e. The van der Waals surface area contributed by atoms with Crippen LogP contribution in [0, 0.1) is 0 Å². The Hall–Kier alpha value is -0.0600. The molecule has 2 nitrogen and oxygen atoms in total. The molecule has 0 aliphatic heterocycles. The summed E-state index contributed by atoms with van der Waals surface area (Å²) in [5, 5.41) is 0. The Morgan fingerprint density at radius 2 is 1.80 bits per heavy atom. The predicted molar refractivity (Wildman–Crippen MR) is 65.9 cm³/mol. The molecule has 0 spiro atoms. The minimum atomic E-state index is -3.65. The molecule has 5 heteroatoms. The van der Waals surface area contributed by atoms with E-state index in [2.05, 4.69) is 15.9 Å². The van der Waals surface area contributed by atoms with Gasteiger partial charge in [0.25, 0.3) is 9.05 Å². The van der Waals surface area contributed by atoms with Crippen molar-refractivity contribution in [2.45, 2.75) is 31.1 Å². The lowest BCUT2D eigenvalue weighted by molar-refractivity contribution is 0.583. The van der Waals surface area contributed by atoms with E-state index < -0.39 is 9.05 Å². The minimum absolute atomic E-state index is 0.129. The average molecular weight is 312 g/mol. The van der Waals surface area contributed by atoms with Gasteiger partial charge in [-0.1, -0.05) is 36.7 Å². The Kier molecular flexibility index (Phi) is 3.53. The molecule has 0 heterocycles. The van der Waals surface area contributed by atoms with Gasteiger partial charge < -0.3 is 0 Å². The van der Waals surface area contributed by atoms with E-state index in [0.29, 0.717) is 0 Å². The third kappa shape index (κ3) is 3.20. The van der Waals surface area contributed by atoms with E-state index in [1.165, 1.54) is 6.07 Å². The molecule has 0 aliphatic rings. The van der Waals surface area contributed by atoms with Crippen molar-refractivity contribution in [3.8, 4) is 0 Å². The van der Waals surface area contributed by atoms with E-state index in [1.807, 2.05) is 20.8 Å². The van der Waals surface area contributed by atoms with Crippen LogP contribution >= 0.6 is 26.6 Å². The number of rotatable bonds is 1. The molecule has 0 N–H and O–H groups in total. The van der Waals surface area contributed by atoms with Crippen LogP contribution in [0.15, 0.2) is 27.6 Å². The highest BCUT2D eigenvalue weighted by atomic mass is 79.9. The summed E-state index contributed by atoms with van der Waals surface area (Å²) >= 11 is 3.40. The summed E-state index contributed by atoms with van der Waals surface area (Å²) in [5.41, 5.74) is 0.792. The third-order valence-corrected chi connectivity index (χ3v) is 4.07. The van der Waals surface area contributed by atoms with E-state index in [1.54, 1.807) is 12.1 Å². The van der Waals surface area contributed by atoms with Gasteiger partial charge in [0.15, 0.2) is 0 Å². The highest BCUT2D eigenvalue weighted by molar-refractivity contribution is 9.10. The van der Waals surface area contributed by atoms with Crippen LogP contribution in [-0.2, 0) is 14.5 Å². The van der Waals surface area contributed by atoms with Gasteiger partial charge in [-0.05, 0) is 29.2 Å². The first-order valence-corrected chi connectivity index (χ1v) is 7.47.